The minimum atomic E-state index is -0.757. The first-order valence-electron chi connectivity index (χ1n) is 5.30. The van der Waals surface area contributed by atoms with Crippen LogP contribution in [0.4, 0.5) is 4.79 Å². The molecule has 0 heterocycles. The molecule has 0 fully saturated rings. The number of benzene rings is 1. The van der Waals surface area contributed by atoms with Gasteiger partial charge in [0.15, 0.2) is 0 Å². The molecular weight excluding hydrogens is 284 g/mol. The predicted octanol–water partition coefficient (Wildman–Crippen LogP) is 2.32. The lowest BCUT2D eigenvalue weighted by Crippen LogP contribution is -2.33. The number of rotatable bonds is 4. The van der Waals surface area contributed by atoms with Gasteiger partial charge in [0.1, 0.15) is 5.60 Å². The van der Waals surface area contributed by atoms with Gasteiger partial charge in [-0.1, -0.05) is 28.1 Å². The van der Waals surface area contributed by atoms with Gasteiger partial charge in [-0.2, -0.15) is 0 Å². The molecule has 0 radical (unpaired) electrons. The third-order valence-corrected chi connectivity index (χ3v) is 3.08. The lowest BCUT2D eigenvalue weighted by atomic mass is 9.97. The molecular formula is C12H17BrN2O2. The summed E-state index contributed by atoms with van der Waals surface area (Å²) in [6.07, 6.45) is -0.160. The van der Waals surface area contributed by atoms with Crippen molar-refractivity contribution in [3.05, 3.63) is 33.8 Å². The van der Waals surface area contributed by atoms with Crippen LogP contribution in [0.2, 0.25) is 0 Å². The van der Waals surface area contributed by atoms with Crippen LogP contribution in [0.1, 0.15) is 25.0 Å². The van der Waals surface area contributed by atoms with E-state index in [1.165, 1.54) is 0 Å². The Kier molecular flexibility index (Phi) is 4.54. The van der Waals surface area contributed by atoms with Crippen molar-refractivity contribution in [2.24, 2.45) is 11.5 Å². The summed E-state index contributed by atoms with van der Waals surface area (Å²) in [5.41, 5.74) is 12.1. The van der Waals surface area contributed by atoms with Gasteiger partial charge in [0, 0.05) is 17.4 Å². The smallest absolute Gasteiger partial charge is 0.405 e. The van der Waals surface area contributed by atoms with Crippen LogP contribution in [0.25, 0.3) is 0 Å². The molecule has 17 heavy (non-hydrogen) atoms. The van der Waals surface area contributed by atoms with Crippen LogP contribution in [0.3, 0.4) is 0 Å². The van der Waals surface area contributed by atoms with E-state index in [0.717, 1.165) is 15.6 Å². The molecule has 0 atom stereocenters. The van der Waals surface area contributed by atoms with Crippen molar-refractivity contribution in [2.45, 2.75) is 32.4 Å². The van der Waals surface area contributed by atoms with Gasteiger partial charge in [-0.05, 0) is 31.0 Å². The van der Waals surface area contributed by atoms with E-state index in [9.17, 15) is 4.79 Å². The van der Waals surface area contributed by atoms with Crippen LogP contribution in [-0.4, -0.2) is 11.7 Å². The molecule has 4 nitrogen and oxygen atoms in total. The van der Waals surface area contributed by atoms with E-state index in [-0.39, 0.29) is 0 Å². The average molecular weight is 301 g/mol. The molecule has 4 N–H and O–H groups in total. The number of nitrogens with two attached hydrogens (primary N) is 2. The van der Waals surface area contributed by atoms with Crippen LogP contribution in [0, 0.1) is 0 Å². The van der Waals surface area contributed by atoms with E-state index in [2.05, 4.69) is 15.9 Å². The molecule has 0 unspecified atom stereocenters. The van der Waals surface area contributed by atoms with Gasteiger partial charge in [-0.15, -0.1) is 0 Å². The zero-order chi connectivity index (χ0) is 13.1. The van der Waals surface area contributed by atoms with E-state index in [0.29, 0.717) is 13.0 Å². The number of amides is 1. The van der Waals surface area contributed by atoms with Gasteiger partial charge < -0.3 is 16.2 Å². The van der Waals surface area contributed by atoms with Gasteiger partial charge in [0.25, 0.3) is 0 Å². The average Bonchev–Trinajstić information content (AvgIpc) is 2.14. The maximum Gasteiger partial charge on any atom is 0.405 e. The molecule has 0 saturated heterocycles. The Bertz CT molecular complexity index is 419. The second kappa shape index (κ2) is 5.51. The topological polar surface area (TPSA) is 78.3 Å². The molecule has 0 aliphatic carbocycles. The maximum absolute atomic E-state index is 10.7. The van der Waals surface area contributed by atoms with Crippen molar-refractivity contribution < 1.29 is 9.53 Å². The van der Waals surface area contributed by atoms with Crippen molar-refractivity contribution in [3.63, 3.8) is 0 Å². The quantitative estimate of drug-likeness (QED) is 0.896. The molecule has 94 valence electrons. The number of carbonyl (C=O) groups excluding carboxylic acids is 1. The fraction of sp³-hybridized carbons (Fsp3) is 0.417. The summed E-state index contributed by atoms with van der Waals surface area (Å²) in [4.78, 5) is 10.7. The van der Waals surface area contributed by atoms with Gasteiger partial charge in [0.05, 0.1) is 0 Å². The maximum atomic E-state index is 10.7. The summed E-state index contributed by atoms with van der Waals surface area (Å²) in [5, 5.41) is 0. The molecule has 0 aromatic heterocycles. The molecule has 0 bridgehead atoms. The van der Waals surface area contributed by atoms with Gasteiger partial charge in [-0.3, -0.25) is 0 Å². The van der Waals surface area contributed by atoms with Crippen molar-refractivity contribution in [3.8, 4) is 0 Å². The highest BCUT2D eigenvalue weighted by Gasteiger charge is 2.22. The first-order valence-corrected chi connectivity index (χ1v) is 6.09. The van der Waals surface area contributed by atoms with Crippen LogP contribution in [-0.2, 0) is 17.7 Å². The van der Waals surface area contributed by atoms with Crippen LogP contribution < -0.4 is 11.5 Å². The Hall–Kier alpha value is -1.07. The fourth-order valence-electron chi connectivity index (χ4n) is 1.67. The standard InChI is InChI=1S/C12H17BrN2O2/c1-12(2,17-11(15)16)6-8-3-4-9(7-14)10(13)5-8/h3-5H,6-7,14H2,1-2H3,(H2,15,16). The molecule has 0 saturated carbocycles. The summed E-state index contributed by atoms with van der Waals surface area (Å²) in [7, 11) is 0. The highest BCUT2D eigenvalue weighted by atomic mass is 79.9. The van der Waals surface area contributed by atoms with E-state index < -0.39 is 11.7 Å². The Morgan fingerprint density at radius 3 is 2.59 bits per heavy atom. The van der Waals surface area contributed by atoms with E-state index in [1.807, 2.05) is 32.0 Å². The summed E-state index contributed by atoms with van der Waals surface area (Å²) in [6, 6.07) is 5.91. The molecule has 0 aliphatic heterocycles. The third-order valence-electron chi connectivity index (χ3n) is 2.34. The third kappa shape index (κ3) is 4.36. The Labute approximate surface area is 109 Å². The highest BCUT2D eigenvalue weighted by Crippen LogP contribution is 2.22. The second-order valence-corrected chi connectivity index (χ2v) is 5.34. The zero-order valence-electron chi connectivity index (χ0n) is 10.00. The minimum Gasteiger partial charge on any atom is -0.443 e. The number of carbonyl (C=O) groups is 1. The molecule has 1 rings (SSSR count). The lowest BCUT2D eigenvalue weighted by molar-refractivity contribution is 0.0460. The van der Waals surface area contributed by atoms with E-state index in [1.54, 1.807) is 0 Å². The van der Waals surface area contributed by atoms with Crippen molar-refractivity contribution >= 4 is 22.0 Å². The molecule has 1 aromatic rings. The predicted molar refractivity (Wildman–Crippen MR) is 70.5 cm³/mol. The SMILES string of the molecule is CC(C)(Cc1ccc(CN)c(Br)c1)OC(N)=O. The monoisotopic (exact) mass is 300 g/mol. The molecule has 1 amide bonds. The Morgan fingerprint density at radius 2 is 2.12 bits per heavy atom. The lowest BCUT2D eigenvalue weighted by Gasteiger charge is -2.24. The number of hydrogen-bond donors (Lipinski definition) is 2. The largest absolute Gasteiger partial charge is 0.443 e. The number of ether oxygens (including phenoxy) is 1. The van der Waals surface area contributed by atoms with Crippen molar-refractivity contribution in [2.75, 3.05) is 0 Å². The highest BCUT2D eigenvalue weighted by molar-refractivity contribution is 9.10. The summed E-state index contributed by atoms with van der Waals surface area (Å²) < 4.78 is 6.00. The Morgan fingerprint density at radius 1 is 1.47 bits per heavy atom. The molecule has 5 heteroatoms. The van der Waals surface area contributed by atoms with E-state index in [4.69, 9.17) is 16.2 Å². The van der Waals surface area contributed by atoms with Gasteiger partial charge in [0.2, 0.25) is 0 Å². The van der Waals surface area contributed by atoms with Crippen LogP contribution in [0.15, 0.2) is 22.7 Å². The van der Waals surface area contributed by atoms with Crippen LogP contribution >= 0.6 is 15.9 Å². The first-order chi connectivity index (χ1) is 7.84. The minimum absolute atomic E-state index is 0.488. The molecule has 0 aliphatic rings. The summed E-state index contributed by atoms with van der Waals surface area (Å²) >= 11 is 3.45. The molecule has 1 aromatic carbocycles. The first kappa shape index (κ1) is 14.0. The van der Waals surface area contributed by atoms with Crippen molar-refractivity contribution in [1.29, 1.82) is 0 Å². The van der Waals surface area contributed by atoms with Gasteiger partial charge >= 0.3 is 6.09 Å². The second-order valence-electron chi connectivity index (χ2n) is 4.49. The number of primary amides is 1. The Balaban J connectivity index is 2.81. The number of halogens is 1. The van der Waals surface area contributed by atoms with E-state index >= 15 is 0 Å². The normalized spacial score (nSPS) is 11.3. The molecule has 0 spiro atoms. The summed E-state index contributed by atoms with van der Waals surface area (Å²) in [5.74, 6) is 0. The number of hydrogen-bond acceptors (Lipinski definition) is 3. The zero-order valence-corrected chi connectivity index (χ0v) is 11.6. The fourth-order valence-corrected chi connectivity index (χ4v) is 2.25. The van der Waals surface area contributed by atoms with Gasteiger partial charge in [-0.25, -0.2) is 4.79 Å². The van der Waals surface area contributed by atoms with Crippen LogP contribution in [0.5, 0.6) is 0 Å². The summed E-state index contributed by atoms with van der Waals surface area (Å²) in [6.45, 7) is 4.13. The van der Waals surface area contributed by atoms with Crippen molar-refractivity contribution in [1.82, 2.24) is 0 Å².